The summed E-state index contributed by atoms with van der Waals surface area (Å²) in [6, 6.07) is 5.42. The first-order chi connectivity index (χ1) is 12.9. The Hall–Kier alpha value is -2.80. The minimum atomic E-state index is -0.722. The molecule has 7 heteroatoms. The minimum Gasteiger partial charge on any atom is -0.504 e. The van der Waals surface area contributed by atoms with Crippen molar-refractivity contribution in [2.75, 3.05) is 34.9 Å². The van der Waals surface area contributed by atoms with Gasteiger partial charge >= 0.3 is 11.9 Å². The molecular formula is C20H23NO6. The molecule has 1 aliphatic rings. The summed E-state index contributed by atoms with van der Waals surface area (Å²) >= 11 is 0. The summed E-state index contributed by atoms with van der Waals surface area (Å²) in [6.07, 6.45) is -0.0707. The van der Waals surface area contributed by atoms with Crippen molar-refractivity contribution in [2.45, 2.75) is 18.9 Å². The van der Waals surface area contributed by atoms with Crippen molar-refractivity contribution < 1.29 is 28.9 Å². The minimum absolute atomic E-state index is 0.0705. The Morgan fingerprint density at radius 3 is 2.67 bits per heavy atom. The van der Waals surface area contributed by atoms with E-state index < -0.39 is 18.0 Å². The zero-order valence-electron chi connectivity index (χ0n) is 15.9. The predicted octanol–water partition coefficient (Wildman–Crippen LogP) is 2.43. The molecule has 0 saturated heterocycles. The third-order valence-electron chi connectivity index (χ3n) is 4.79. The summed E-state index contributed by atoms with van der Waals surface area (Å²) in [5.74, 6) is -0.837. The summed E-state index contributed by atoms with van der Waals surface area (Å²) in [5, 5.41) is 11.9. The molecule has 0 amide bonds. The van der Waals surface area contributed by atoms with Gasteiger partial charge in [0.1, 0.15) is 6.10 Å². The van der Waals surface area contributed by atoms with Crippen LogP contribution in [0.15, 0.2) is 18.2 Å². The number of fused-ring (bicyclic) bond motifs is 3. The van der Waals surface area contributed by atoms with Gasteiger partial charge in [0.05, 0.1) is 26.2 Å². The fraction of sp³-hybridized carbons (Fsp3) is 0.400. The van der Waals surface area contributed by atoms with Crippen molar-refractivity contribution in [3.63, 3.8) is 0 Å². The molecule has 0 aromatic heterocycles. The molecule has 2 aromatic carbocycles. The number of rotatable bonds is 6. The second-order valence-corrected chi connectivity index (χ2v) is 6.77. The Kier molecular flexibility index (Phi) is 5.23. The Morgan fingerprint density at radius 2 is 2.04 bits per heavy atom. The van der Waals surface area contributed by atoms with Gasteiger partial charge in [-0.25, -0.2) is 4.79 Å². The number of hydrogen-bond acceptors (Lipinski definition) is 7. The molecule has 7 nitrogen and oxygen atoms in total. The molecule has 0 radical (unpaired) electrons. The number of hydrogen-bond donors (Lipinski definition) is 1. The van der Waals surface area contributed by atoms with Crippen LogP contribution < -0.4 is 4.74 Å². The second kappa shape index (κ2) is 7.44. The van der Waals surface area contributed by atoms with Crippen LogP contribution in [0.25, 0.3) is 10.8 Å². The van der Waals surface area contributed by atoms with E-state index in [0.29, 0.717) is 16.7 Å². The quantitative estimate of drug-likeness (QED) is 0.779. The SMILES string of the molecule is COC(=O)C[C@H]1OC(=O)c2c1ccc1c(CCN(C)C)cc(OC)c(O)c21. The molecule has 0 spiro atoms. The van der Waals surface area contributed by atoms with Gasteiger partial charge in [0.25, 0.3) is 0 Å². The number of ether oxygens (including phenoxy) is 3. The zero-order valence-corrected chi connectivity index (χ0v) is 15.9. The van der Waals surface area contributed by atoms with Crippen molar-refractivity contribution in [1.82, 2.24) is 4.90 Å². The smallest absolute Gasteiger partial charge is 0.339 e. The second-order valence-electron chi connectivity index (χ2n) is 6.77. The fourth-order valence-corrected chi connectivity index (χ4v) is 3.39. The topological polar surface area (TPSA) is 85.3 Å². The lowest BCUT2D eigenvalue weighted by Gasteiger charge is -2.16. The molecule has 144 valence electrons. The molecule has 1 N–H and O–H groups in total. The van der Waals surface area contributed by atoms with Crippen LogP contribution in [0.4, 0.5) is 0 Å². The number of phenolic OH excluding ortho intramolecular Hbond substituents is 1. The lowest BCUT2D eigenvalue weighted by molar-refractivity contribution is -0.142. The maximum absolute atomic E-state index is 12.6. The molecule has 0 bridgehead atoms. The van der Waals surface area contributed by atoms with Gasteiger partial charge in [0.15, 0.2) is 11.5 Å². The molecule has 0 unspecified atom stereocenters. The van der Waals surface area contributed by atoms with Gasteiger partial charge in [-0.15, -0.1) is 0 Å². The highest BCUT2D eigenvalue weighted by molar-refractivity contribution is 6.11. The average molecular weight is 373 g/mol. The first-order valence-electron chi connectivity index (χ1n) is 8.65. The number of benzene rings is 2. The van der Waals surface area contributed by atoms with E-state index in [-0.39, 0.29) is 17.7 Å². The number of phenols is 1. The zero-order chi connectivity index (χ0) is 19.7. The molecule has 0 saturated carbocycles. The van der Waals surface area contributed by atoms with Crippen LogP contribution >= 0.6 is 0 Å². The van der Waals surface area contributed by atoms with E-state index in [9.17, 15) is 14.7 Å². The summed E-state index contributed by atoms with van der Waals surface area (Å²) in [6.45, 7) is 0.801. The largest absolute Gasteiger partial charge is 0.504 e. The van der Waals surface area contributed by atoms with E-state index in [1.807, 2.05) is 20.2 Å². The van der Waals surface area contributed by atoms with Gasteiger partial charge in [0, 0.05) is 17.5 Å². The number of carbonyl (C=O) groups is 2. The van der Waals surface area contributed by atoms with Crippen molar-refractivity contribution >= 4 is 22.7 Å². The van der Waals surface area contributed by atoms with E-state index in [0.717, 1.165) is 23.9 Å². The number of cyclic esters (lactones) is 1. The van der Waals surface area contributed by atoms with Gasteiger partial charge in [-0.05, 0) is 37.5 Å². The standard InChI is InChI=1S/C20H23NO6/c1-21(2)8-7-11-9-15(25-3)19(23)17-12(11)5-6-13-14(10-16(22)26-4)27-20(24)18(13)17/h5-6,9,14,23H,7-8,10H2,1-4H3/t14-/m1/s1. The van der Waals surface area contributed by atoms with Crippen LogP contribution in [0.3, 0.4) is 0 Å². The van der Waals surface area contributed by atoms with E-state index in [1.54, 1.807) is 12.1 Å². The van der Waals surface area contributed by atoms with Crippen LogP contribution in [0.1, 0.15) is 34.0 Å². The summed E-state index contributed by atoms with van der Waals surface area (Å²) in [5.41, 5.74) is 1.81. The molecule has 1 heterocycles. The molecule has 0 aliphatic carbocycles. The van der Waals surface area contributed by atoms with Crippen LogP contribution in [-0.2, 0) is 20.7 Å². The van der Waals surface area contributed by atoms with Gasteiger partial charge in [-0.3, -0.25) is 4.79 Å². The third kappa shape index (κ3) is 3.42. The van der Waals surface area contributed by atoms with Crippen molar-refractivity contribution in [3.8, 4) is 11.5 Å². The van der Waals surface area contributed by atoms with Crippen molar-refractivity contribution in [1.29, 1.82) is 0 Å². The van der Waals surface area contributed by atoms with Gasteiger partial charge < -0.3 is 24.2 Å². The van der Waals surface area contributed by atoms with E-state index >= 15 is 0 Å². The monoisotopic (exact) mass is 373 g/mol. The van der Waals surface area contributed by atoms with Gasteiger partial charge in [0.2, 0.25) is 0 Å². The lowest BCUT2D eigenvalue weighted by Crippen LogP contribution is -2.15. The average Bonchev–Trinajstić information content (AvgIpc) is 2.96. The van der Waals surface area contributed by atoms with Crippen LogP contribution in [0.2, 0.25) is 0 Å². The van der Waals surface area contributed by atoms with Crippen molar-refractivity contribution in [3.05, 3.63) is 34.9 Å². The normalized spacial score (nSPS) is 15.7. The lowest BCUT2D eigenvalue weighted by atomic mass is 9.92. The van der Waals surface area contributed by atoms with E-state index in [2.05, 4.69) is 9.64 Å². The molecule has 27 heavy (non-hydrogen) atoms. The fourth-order valence-electron chi connectivity index (χ4n) is 3.39. The van der Waals surface area contributed by atoms with Crippen LogP contribution in [-0.4, -0.2) is 56.8 Å². The number of carbonyl (C=O) groups excluding carboxylic acids is 2. The Bertz CT molecular complexity index is 905. The van der Waals surface area contributed by atoms with Crippen LogP contribution in [0, 0.1) is 0 Å². The molecule has 2 aromatic rings. The highest BCUT2D eigenvalue weighted by Crippen LogP contribution is 2.45. The Balaban J connectivity index is 2.19. The first kappa shape index (κ1) is 19.0. The number of aromatic hydroxyl groups is 1. The predicted molar refractivity (Wildman–Crippen MR) is 99.2 cm³/mol. The Labute approximate surface area is 157 Å². The molecule has 0 fully saturated rings. The number of nitrogens with zero attached hydrogens (tertiary/aromatic N) is 1. The molecule has 1 aliphatic heterocycles. The molecular weight excluding hydrogens is 350 g/mol. The maximum atomic E-state index is 12.6. The maximum Gasteiger partial charge on any atom is 0.339 e. The highest BCUT2D eigenvalue weighted by atomic mass is 16.6. The summed E-state index contributed by atoms with van der Waals surface area (Å²) in [4.78, 5) is 26.2. The third-order valence-corrected chi connectivity index (χ3v) is 4.79. The van der Waals surface area contributed by atoms with E-state index in [4.69, 9.17) is 9.47 Å². The number of methoxy groups -OCH3 is 2. The summed E-state index contributed by atoms with van der Waals surface area (Å²) in [7, 11) is 6.71. The van der Waals surface area contributed by atoms with E-state index in [1.165, 1.54) is 14.2 Å². The van der Waals surface area contributed by atoms with Crippen LogP contribution in [0.5, 0.6) is 11.5 Å². The van der Waals surface area contributed by atoms with Gasteiger partial charge in [-0.2, -0.15) is 0 Å². The summed E-state index contributed by atoms with van der Waals surface area (Å²) < 4.78 is 15.4. The number of likely N-dealkylation sites (N-methyl/N-ethyl adjacent to an activating group) is 1. The van der Waals surface area contributed by atoms with Gasteiger partial charge in [-0.1, -0.05) is 12.1 Å². The Morgan fingerprint density at radius 1 is 1.30 bits per heavy atom. The van der Waals surface area contributed by atoms with Crippen molar-refractivity contribution in [2.24, 2.45) is 0 Å². The molecule has 1 atom stereocenters. The highest BCUT2D eigenvalue weighted by Gasteiger charge is 2.36. The first-order valence-corrected chi connectivity index (χ1v) is 8.65. The number of esters is 2. The molecule has 3 rings (SSSR count).